The standard InChI is InChI=1S/C22H24N2O4/c1-3-8-15(2)23-20(25)14-28-21(26)13-24-18-11-6-4-9-16(18)22(27)17-10-5-7-12-19(17)24/h4-7,9-12,15H,3,8,13-14H2,1-2H3,(H,23,25). The van der Waals surface area contributed by atoms with Crippen LogP contribution in [-0.2, 0) is 20.9 Å². The van der Waals surface area contributed by atoms with Crippen molar-refractivity contribution in [3.05, 3.63) is 58.8 Å². The number of esters is 1. The molecule has 1 unspecified atom stereocenters. The van der Waals surface area contributed by atoms with Gasteiger partial charge in [0.25, 0.3) is 5.91 Å². The Hall–Kier alpha value is -3.15. The summed E-state index contributed by atoms with van der Waals surface area (Å²) in [7, 11) is 0. The maximum atomic E-state index is 12.7. The Morgan fingerprint density at radius 3 is 2.18 bits per heavy atom. The van der Waals surface area contributed by atoms with Gasteiger partial charge in [0.05, 0.1) is 11.0 Å². The molecule has 28 heavy (non-hydrogen) atoms. The SMILES string of the molecule is CCCC(C)NC(=O)COC(=O)Cn1c2ccccc2c(=O)c2ccccc21. The van der Waals surface area contributed by atoms with Gasteiger partial charge in [-0.2, -0.15) is 0 Å². The molecule has 0 radical (unpaired) electrons. The number of nitrogens with one attached hydrogen (secondary N) is 1. The molecule has 0 fully saturated rings. The second-order valence-electron chi connectivity index (χ2n) is 6.87. The van der Waals surface area contributed by atoms with E-state index in [1.54, 1.807) is 41.0 Å². The van der Waals surface area contributed by atoms with E-state index in [2.05, 4.69) is 5.32 Å². The van der Waals surface area contributed by atoms with Crippen LogP contribution in [0.2, 0.25) is 0 Å². The molecule has 6 heteroatoms. The van der Waals surface area contributed by atoms with Gasteiger partial charge in [-0.3, -0.25) is 14.4 Å². The topological polar surface area (TPSA) is 77.4 Å². The van der Waals surface area contributed by atoms with Crippen LogP contribution in [0.3, 0.4) is 0 Å². The summed E-state index contributed by atoms with van der Waals surface area (Å²) in [4.78, 5) is 37.0. The molecule has 0 bridgehead atoms. The largest absolute Gasteiger partial charge is 0.454 e. The number of benzene rings is 2. The van der Waals surface area contributed by atoms with Gasteiger partial charge in [-0.05, 0) is 37.6 Å². The van der Waals surface area contributed by atoms with E-state index in [-0.39, 0.29) is 30.5 Å². The molecule has 146 valence electrons. The van der Waals surface area contributed by atoms with Crippen molar-refractivity contribution in [2.24, 2.45) is 0 Å². The van der Waals surface area contributed by atoms with Crippen molar-refractivity contribution in [3.8, 4) is 0 Å². The first kappa shape index (κ1) is 19.6. The zero-order valence-electron chi connectivity index (χ0n) is 16.1. The molecule has 0 saturated heterocycles. The van der Waals surface area contributed by atoms with E-state index in [4.69, 9.17) is 4.74 Å². The third-order valence-corrected chi connectivity index (χ3v) is 4.66. The van der Waals surface area contributed by atoms with Gasteiger partial charge in [-0.1, -0.05) is 37.6 Å². The summed E-state index contributed by atoms with van der Waals surface area (Å²) in [5, 5.41) is 3.89. The first-order valence-corrected chi connectivity index (χ1v) is 9.46. The summed E-state index contributed by atoms with van der Waals surface area (Å²) >= 11 is 0. The molecule has 1 atom stereocenters. The number of hydrogen-bond donors (Lipinski definition) is 1. The van der Waals surface area contributed by atoms with Gasteiger partial charge in [-0.25, -0.2) is 0 Å². The van der Waals surface area contributed by atoms with Crippen molar-refractivity contribution >= 4 is 33.7 Å². The first-order valence-electron chi connectivity index (χ1n) is 9.46. The number of pyridine rings is 1. The van der Waals surface area contributed by atoms with Crippen LogP contribution in [0, 0.1) is 0 Å². The summed E-state index contributed by atoms with van der Waals surface area (Å²) in [6.45, 7) is 3.56. The molecule has 1 heterocycles. The lowest BCUT2D eigenvalue weighted by atomic mass is 10.1. The van der Waals surface area contributed by atoms with E-state index in [1.165, 1.54) is 0 Å². The average molecular weight is 380 g/mol. The van der Waals surface area contributed by atoms with E-state index < -0.39 is 5.97 Å². The average Bonchev–Trinajstić information content (AvgIpc) is 2.70. The maximum absolute atomic E-state index is 12.7. The fourth-order valence-corrected chi connectivity index (χ4v) is 3.39. The molecule has 0 aliphatic rings. The van der Waals surface area contributed by atoms with Crippen molar-refractivity contribution in [2.75, 3.05) is 6.61 Å². The van der Waals surface area contributed by atoms with Gasteiger partial charge in [-0.15, -0.1) is 0 Å². The van der Waals surface area contributed by atoms with E-state index >= 15 is 0 Å². The van der Waals surface area contributed by atoms with Gasteiger partial charge < -0.3 is 14.6 Å². The number of fused-ring (bicyclic) bond motifs is 2. The van der Waals surface area contributed by atoms with Gasteiger partial charge in [0, 0.05) is 16.8 Å². The lowest BCUT2D eigenvalue weighted by molar-refractivity contribution is -0.149. The molecule has 1 N–H and O–H groups in total. The molecule has 1 aromatic heterocycles. The highest BCUT2D eigenvalue weighted by atomic mass is 16.5. The predicted octanol–water partition coefficient (Wildman–Crippen LogP) is 3.00. The Morgan fingerprint density at radius 2 is 1.61 bits per heavy atom. The number of amides is 1. The molecule has 0 aliphatic carbocycles. The molecular weight excluding hydrogens is 356 g/mol. The van der Waals surface area contributed by atoms with E-state index in [1.807, 2.05) is 26.0 Å². The molecule has 3 rings (SSSR count). The number of rotatable bonds is 7. The van der Waals surface area contributed by atoms with Crippen molar-refractivity contribution in [3.63, 3.8) is 0 Å². The number of ether oxygens (including phenoxy) is 1. The molecule has 0 spiro atoms. The number of carbonyl (C=O) groups is 2. The summed E-state index contributed by atoms with van der Waals surface area (Å²) in [6, 6.07) is 14.4. The Morgan fingerprint density at radius 1 is 1.04 bits per heavy atom. The van der Waals surface area contributed by atoms with E-state index in [0.717, 1.165) is 12.8 Å². The fraction of sp³-hybridized carbons (Fsp3) is 0.318. The van der Waals surface area contributed by atoms with Crippen LogP contribution in [0.15, 0.2) is 53.3 Å². The minimum Gasteiger partial charge on any atom is -0.454 e. The maximum Gasteiger partial charge on any atom is 0.326 e. The summed E-state index contributed by atoms with van der Waals surface area (Å²) in [6.07, 6.45) is 1.84. The minimum atomic E-state index is -0.530. The number of aromatic nitrogens is 1. The van der Waals surface area contributed by atoms with Crippen LogP contribution in [0.25, 0.3) is 21.8 Å². The van der Waals surface area contributed by atoms with E-state index in [0.29, 0.717) is 21.8 Å². The zero-order valence-corrected chi connectivity index (χ0v) is 16.1. The number of hydrogen-bond acceptors (Lipinski definition) is 4. The third-order valence-electron chi connectivity index (χ3n) is 4.66. The van der Waals surface area contributed by atoms with Gasteiger partial charge in [0.15, 0.2) is 12.0 Å². The van der Waals surface area contributed by atoms with Crippen LogP contribution in [-0.4, -0.2) is 29.1 Å². The Kier molecular flexibility index (Phi) is 6.09. The molecule has 0 saturated carbocycles. The van der Waals surface area contributed by atoms with Crippen LogP contribution in [0.5, 0.6) is 0 Å². The normalized spacial score (nSPS) is 12.1. The fourth-order valence-electron chi connectivity index (χ4n) is 3.39. The Bertz CT molecular complexity index is 1010. The predicted molar refractivity (Wildman–Crippen MR) is 109 cm³/mol. The summed E-state index contributed by atoms with van der Waals surface area (Å²) < 4.78 is 6.92. The summed E-state index contributed by atoms with van der Waals surface area (Å²) in [5.74, 6) is -0.846. The van der Waals surface area contributed by atoms with Crippen LogP contribution >= 0.6 is 0 Å². The highest BCUT2D eigenvalue weighted by Crippen LogP contribution is 2.19. The zero-order chi connectivity index (χ0) is 20.1. The lowest BCUT2D eigenvalue weighted by Gasteiger charge is -2.15. The van der Waals surface area contributed by atoms with Crippen LogP contribution < -0.4 is 10.7 Å². The molecule has 1 amide bonds. The molecular formula is C22H24N2O4. The summed E-state index contributed by atoms with van der Waals surface area (Å²) in [5.41, 5.74) is 1.24. The monoisotopic (exact) mass is 380 g/mol. The molecule has 3 aromatic rings. The minimum absolute atomic E-state index is 0.0445. The second-order valence-corrected chi connectivity index (χ2v) is 6.87. The molecule has 6 nitrogen and oxygen atoms in total. The van der Waals surface area contributed by atoms with Crippen LogP contribution in [0.4, 0.5) is 0 Å². The Labute approximate surface area is 163 Å². The molecule has 2 aromatic carbocycles. The van der Waals surface area contributed by atoms with Gasteiger partial charge >= 0.3 is 5.97 Å². The van der Waals surface area contributed by atoms with Crippen LogP contribution in [0.1, 0.15) is 26.7 Å². The van der Waals surface area contributed by atoms with Crippen molar-refractivity contribution in [1.82, 2.24) is 9.88 Å². The quantitative estimate of drug-likeness (QED) is 0.505. The second kappa shape index (κ2) is 8.69. The first-order chi connectivity index (χ1) is 13.5. The number of para-hydroxylation sites is 2. The third kappa shape index (κ3) is 4.22. The smallest absolute Gasteiger partial charge is 0.326 e. The van der Waals surface area contributed by atoms with E-state index in [9.17, 15) is 14.4 Å². The highest BCUT2D eigenvalue weighted by molar-refractivity contribution is 5.94. The molecule has 0 aliphatic heterocycles. The van der Waals surface area contributed by atoms with Crippen molar-refractivity contribution < 1.29 is 14.3 Å². The van der Waals surface area contributed by atoms with Crippen molar-refractivity contribution in [2.45, 2.75) is 39.3 Å². The number of carbonyl (C=O) groups excluding carboxylic acids is 2. The number of nitrogens with zero attached hydrogens (tertiary/aromatic N) is 1. The lowest BCUT2D eigenvalue weighted by Crippen LogP contribution is -2.36. The van der Waals surface area contributed by atoms with Gasteiger partial charge in [0.1, 0.15) is 6.54 Å². The van der Waals surface area contributed by atoms with Crippen molar-refractivity contribution in [1.29, 1.82) is 0 Å². The Balaban J connectivity index is 1.82. The highest BCUT2D eigenvalue weighted by Gasteiger charge is 2.15. The van der Waals surface area contributed by atoms with Gasteiger partial charge in [0.2, 0.25) is 0 Å².